The molecule has 0 spiro atoms. The number of nitrogens with one attached hydrogen (secondary N) is 1. The summed E-state index contributed by atoms with van der Waals surface area (Å²) in [4.78, 5) is 0. The van der Waals surface area contributed by atoms with E-state index in [2.05, 4.69) is 24.4 Å². The molecule has 0 aliphatic heterocycles. The van der Waals surface area contributed by atoms with Crippen molar-refractivity contribution in [2.45, 2.75) is 13.5 Å². The molecule has 0 aromatic heterocycles. The highest BCUT2D eigenvalue weighted by Crippen LogP contribution is 2.25. The Morgan fingerprint density at radius 3 is 2.67 bits per heavy atom. The quantitative estimate of drug-likeness (QED) is 0.810. The van der Waals surface area contributed by atoms with Crippen LogP contribution in [0.2, 0.25) is 5.02 Å². The van der Waals surface area contributed by atoms with Gasteiger partial charge in [0.2, 0.25) is 0 Å². The highest BCUT2D eigenvalue weighted by Gasteiger charge is 2.02. The van der Waals surface area contributed by atoms with Crippen molar-refractivity contribution >= 4 is 17.7 Å². The largest absolute Gasteiger partial charge is 0.488 e. The van der Waals surface area contributed by atoms with Gasteiger partial charge in [0.15, 0.2) is 0 Å². The summed E-state index contributed by atoms with van der Waals surface area (Å²) in [5.41, 5.74) is 2.32. The van der Waals surface area contributed by atoms with Gasteiger partial charge in [-0.2, -0.15) is 0 Å². The molecule has 2 aromatic rings. The minimum Gasteiger partial charge on any atom is -0.488 e. The summed E-state index contributed by atoms with van der Waals surface area (Å²) >= 11 is 6.23. The molecular formula is C18H20ClNO. The predicted octanol–water partition coefficient (Wildman–Crippen LogP) is 4.54. The lowest BCUT2D eigenvalue weighted by Gasteiger charge is -2.08. The summed E-state index contributed by atoms with van der Waals surface area (Å²) in [6, 6.07) is 16.0. The molecule has 21 heavy (non-hydrogen) atoms. The topological polar surface area (TPSA) is 21.3 Å². The molecule has 0 unspecified atom stereocenters. The Bertz CT molecular complexity index is 581. The third kappa shape index (κ3) is 5.25. The van der Waals surface area contributed by atoms with Crippen LogP contribution in [0, 0.1) is 0 Å². The van der Waals surface area contributed by atoms with E-state index in [1.54, 1.807) is 0 Å². The van der Waals surface area contributed by atoms with Crippen LogP contribution in [0.5, 0.6) is 5.75 Å². The molecule has 0 atom stereocenters. The van der Waals surface area contributed by atoms with Crippen molar-refractivity contribution < 1.29 is 4.74 Å². The maximum absolute atomic E-state index is 6.23. The molecule has 0 aliphatic rings. The zero-order chi connectivity index (χ0) is 14.9. The zero-order valence-corrected chi connectivity index (χ0v) is 12.9. The third-order valence-electron chi connectivity index (χ3n) is 3.02. The van der Waals surface area contributed by atoms with Crippen LogP contribution in [0.1, 0.15) is 18.1 Å². The Kier molecular flexibility index (Phi) is 6.32. The van der Waals surface area contributed by atoms with Crippen molar-refractivity contribution in [3.8, 4) is 5.75 Å². The molecule has 2 rings (SSSR count). The number of hydrogen-bond donors (Lipinski definition) is 1. The smallest absolute Gasteiger partial charge is 0.138 e. The van der Waals surface area contributed by atoms with Gasteiger partial charge >= 0.3 is 0 Å². The zero-order valence-electron chi connectivity index (χ0n) is 12.2. The molecule has 2 aromatic carbocycles. The number of benzene rings is 2. The Morgan fingerprint density at radius 2 is 1.95 bits per heavy atom. The molecule has 0 aliphatic carbocycles. The summed E-state index contributed by atoms with van der Waals surface area (Å²) in [6.07, 6.45) is 4.02. The van der Waals surface area contributed by atoms with Crippen LogP contribution in [0.4, 0.5) is 0 Å². The fraction of sp³-hybridized carbons (Fsp3) is 0.222. The first-order chi connectivity index (χ1) is 10.3. The van der Waals surface area contributed by atoms with Crippen molar-refractivity contribution in [3.05, 3.63) is 70.8 Å². The van der Waals surface area contributed by atoms with Crippen LogP contribution < -0.4 is 10.1 Å². The molecular weight excluding hydrogens is 282 g/mol. The normalized spacial score (nSPS) is 11.0. The maximum Gasteiger partial charge on any atom is 0.138 e. The first-order valence-corrected chi connectivity index (χ1v) is 7.51. The van der Waals surface area contributed by atoms with E-state index in [-0.39, 0.29) is 0 Å². The molecule has 2 nitrogen and oxygen atoms in total. The van der Waals surface area contributed by atoms with Crippen LogP contribution in [0.15, 0.2) is 54.6 Å². The van der Waals surface area contributed by atoms with Gasteiger partial charge in [0.25, 0.3) is 0 Å². The van der Waals surface area contributed by atoms with Gasteiger partial charge in [0, 0.05) is 6.54 Å². The van der Waals surface area contributed by atoms with E-state index in [0.29, 0.717) is 11.6 Å². The molecule has 0 amide bonds. The molecule has 0 heterocycles. The summed E-state index contributed by atoms with van der Waals surface area (Å²) in [5.74, 6) is 0.717. The molecule has 0 saturated carbocycles. The van der Waals surface area contributed by atoms with E-state index < -0.39 is 0 Å². The van der Waals surface area contributed by atoms with Crippen molar-refractivity contribution in [1.82, 2.24) is 5.32 Å². The molecule has 0 bridgehead atoms. The van der Waals surface area contributed by atoms with Gasteiger partial charge in [-0.1, -0.05) is 61.0 Å². The Hall–Kier alpha value is -1.77. The maximum atomic E-state index is 6.23. The second kappa shape index (κ2) is 8.50. The second-order valence-corrected chi connectivity index (χ2v) is 5.08. The fourth-order valence-electron chi connectivity index (χ4n) is 1.93. The number of rotatable bonds is 7. The molecule has 3 heteroatoms. The number of halogens is 1. The minimum absolute atomic E-state index is 0.501. The van der Waals surface area contributed by atoms with E-state index in [1.807, 2.05) is 48.6 Å². The highest BCUT2D eigenvalue weighted by molar-refractivity contribution is 6.32. The SMILES string of the molecule is CCNCc1ccc(OCC=Cc2ccccc2)c(Cl)c1. The Labute approximate surface area is 131 Å². The van der Waals surface area contributed by atoms with E-state index in [1.165, 1.54) is 0 Å². The fourth-order valence-corrected chi connectivity index (χ4v) is 2.18. The van der Waals surface area contributed by atoms with Gasteiger partial charge in [0.1, 0.15) is 12.4 Å². The van der Waals surface area contributed by atoms with Crippen LogP contribution in [-0.4, -0.2) is 13.2 Å². The van der Waals surface area contributed by atoms with Gasteiger partial charge in [-0.3, -0.25) is 0 Å². The van der Waals surface area contributed by atoms with Crippen LogP contribution in [-0.2, 0) is 6.54 Å². The average molecular weight is 302 g/mol. The van der Waals surface area contributed by atoms with Crippen molar-refractivity contribution in [2.24, 2.45) is 0 Å². The summed E-state index contributed by atoms with van der Waals surface area (Å²) in [6.45, 7) is 4.35. The lowest BCUT2D eigenvalue weighted by Crippen LogP contribution is -2.11. The van der Waals surface area contributed by atoms with Crippen molar-refractivity contribution in [2.75, 3.05) is 13.2 Å². The van der Waals surface area contributed by atoms with Gasteiger partial charge < -0.3 is 10.1 Å². The van der Waals surface area contributed by atoms with Crippen molar-refractivity contribution in [1.29, 1.82) is 0 Å². The molecule has 0 saturated heterocycles. The van der Waals surface area contributed by atoms with E-state index in [9.17, 15) is 0 Å². The number of hydrogen-bond acceptors (Lipinski definition) is 2. The van der Waals surface area contributed by atoms with Crippen LogP contribution in [0.3, 0.4) is 0 Å². The Morgan fingerprint density at radius 1 is 1.14 bits per heavy atom. The number of ether oxygens (including phenoxy) is 1. The van der Waals surface area contributed by atoms with E-state index in [0.717, 1.165) is 30.0 Å². The summed E-state index contributed by atoms with van der Waals surface area (Å²) in [5, 5.41) is 3.92. The van der Waals surface area contributed by atoms with Gasteiger partial charge in [-0.15, -0.1) is 0 Å². The molecule has 110 valence electrons. The first kappa shape index (κ1) is 15.6. The van der Waals surface area contributed by atoms with E-state index in [4.69, 9.17) is 16.3 Å². The molecule has 1 N–H and O–H groups in total. The van der Waals surface area contributed by atoms with E-state index >= 15 is 0 Å². The minimum atomic E-state index is 0.501. The lowest BCUT2D eigenvalue weighted by molar-refractivity contribution is 0.363. The average Bonchev–Trinajstić information content (AvgIpc) is 2.52. The highest BCUT2D eigenvalue weighted by atomic mass is 35.5. The summed E-state index contributed by atoms with van der Waals surface area (Å²) in [7, 11) is 0. The van der Waals surface area contributed by atoms with Crippen LogP contribution in [0.25, 0.3) is 6.08 Å². The molecule has 0 fully saturated rings. The van der Waals surface area contributed by atoms with Gasteiger partial charge in [0.05, 0.1) is 5.02 Å². The lowest BCUT2D eigenvalue weighted by atomic mass is 10.2. The predicted molar refractivity (Wildman–Crippen MR) is 89.8 cm³/mol. The van der Waals surface area contributed by atoms with Crippen LogP contribution >= 0.6 is 11.6 Å². The molecule has 0 radical (unpaired) electrons. The summed E-state index contributed by atoms with van der Waals surface area (Å²) < 4.78 is 5.68. The third-order valence-corrected chi connectivity index (χ3v) is 3.32. The first-order valence-electron chi connectivity index (χ1n) is 7.13. The second-order valence-electron chi connectivity index (χ2n) is 4.67. The van der Waals surface area contributed by atoms with Gasteiger partial charge in [-0.05, 0) is 35.9 Å². The van der Waals surface area contributed by atoms with Gasteiger partial charge in [-0.25, -0.2) is 0 Å². The standard InChI is InChI=1S/C18H20ClNO/c1-2-20-14-16-10-11-18(17(19)13-16)21-12-6-9-15-7-4-3-5-8-15/h3-11,13,20H,2,12,14H2,1H3. The Balaban J connectivity index is 1.87. The monoisotopic (exact) mass is 301 g/mol. The van der Waals surface area contributed by atoms with Crippen molar-refractivity contribution in [3.63, 3.8) is 0 Å².